The predicted molar refractivity (Wildman–Crippen MR) is 80.6 cm³/mol. The van der Waals surface area contributed by atoms with E-state index in [4.69, 9.17) is 0 Å². The number of aliphatic hydroxyl groups is 1. The van der Waals surface area contributed by atoms with Crippen LogP contribution in [0.25, 0.3) is 0 Å². The molecule has 1 aromatic rings. The lowest BCUT2D eigenvalue weighted by molar-refractivity contribution is -0.123. The molecule has 4 rings (SSSR count). The van der Waals surface area contributed by atoms with Crippen molar-refractivity contribution in [2.45, 2.75) is 25.9 Å². The number of benzene rings is 1. The standard InChI is InChI=1S/C16H16BrNO3/c1-7-4-9(2-3-11(7)17)18-15(20)13-8-5-10(12(19)6-8)14(13)16(18)21/h2-4,8,10,12-14,19H,5-6H2,1H3/t8?,10?,12?,13-,14+/m0/s1. The van der Waals surface area contributed by atoms with Crippen molar-refractivity contribution in [1.82, 2.24) is 0 Å². The summed E-state index contributed by atoms with van der Waals surface area (Å²) in [5.41, 5.74) is 1.64. The molecule has 1 N–H and O–H groups in total. The van der Waals surface area contributed by atoms with Gasteiger partial charge in [0, 0.05) is 4.47 Å². The van der Waals surface area contributed by atoms with Crippen LogP contribution in [-0.2, 0) is 9.59 Å². The zero-order valence-corrected chi connectivity index (χ0v) is 13.2. The van der Waals surface area contributed by atoms with Crippen LogP contribution < -0.4 is 4.90 Å². The third-order valence-corrected chi connectivity index (χ3v) is 6.27. The molecule has 21 heavy (non-hydrogen) atoms. The zero-order chi connectivity index (χ0) is 14.9. The van der Waals surface area contributed by atoms with Crippen molar-refractivity contribution in [3.63, 3.8) is 0 Å². The van der Waals surface area contributed by atoms with Gasteiger partial charge in [0.25, 0.3) is 0 Å². The second-order valence-electron chi connectivity index (χ2n) is 6.46. The average molecular weight is 350 g/mol. The highest BCUT2D eigenvalue weighted by atomic mass is 79.9. The molecule has 2 bridgehead atoms. The highest BCUT2D eigenvalue weighted by Crippen LogP contribution is 2.56. The van der Waals surface area contributed by atoms with Crippen LogP contribution in [0.2, 0.25) is 0 Å². The van der Waals surface area contributed by atoms with Crippen molar-refractivity contribution in [2.24, 2.45) is 23.7 Å². The third kappa shape index (κ3) is 1.70. The van der Waals surface area contributed by atoms with E-state index >= 15 is 0 Å². The molecule has 1 saturated heterocycles. The molecule has 1 heterocycles. The van der Waals surface area contributed by atoms with Crippen molar-refractivity contribution >= 4 is 33.4 Å². The second-order valence-corrected chi connectivity index (χ2v) is 7.31. The number of halogens is 1. The van der Waals surface area contributed by atoms with Gasteiger partial charge in [-0.1, -0.05) is 15.9 Å². The number of carbonyl (C=O) groups excluding carboxylic acids is 2. The van der Waals surface area contributed by atoms with Gasteiger partial charge in [0.1, 0.15) is 0 Å². The molecule has 0 spiro atoms. The Kier molecular flexibility index (Phi) is 2.82. The number of amides is 2. The summed E-state index contributed by atoms with van der Waals surface area (Å²) in [5.74, 6) is -0.583. The van der Waals surface area contributed by atoms with Gasteiger partial charge < -0.3 is 5.11 Å². The van der Waals surface area contributed by atoms with Crippen LogP contribution in [-0.4, -0.2) is 23.0 Å². The monoisotopic (exact) mass is 349 g/mol. The van der Waals surface area contributed by atoms with Gasteiger partial charge in [0.2, 0.25) is 11.8 Å². The van der Waals surface area contributed by atoms with E-state index in [1.165, 1.54) is 4.90 Å². The molecule has 0 radical (unpaired) electrons. The van der Waals surface area contributed by atoms with E-state index in [1.54, 1.807) is 6.07 Å². The van der Waals surface area contributed by atoms with Crippen molar-refractivity contribution in [3.05, 3.63) is 28.2 Å². The maximum atomic E-state index is 12.7. The van der Waals surface area contributed by atoms with Gasteiger partial charge in [0.05, 0.1) is 23.6 Å². The molecule has 5 atom stereocenters. The Morgan fingerprint density at radius 1 is 1.19 bits per heavy atom. The van der Waals surface area contributed by atoms with Crippen molar-refractivity contribution < 1.29 is 14.7 Å². The molecular weight excluding hydrogens is 334 g/mol. The minimum Gasteiger partial charge on any atom is -0.393 e. The van der Waals surface area contributed by atoms with Crippen LogP contribution in [0.15, 0.2) is 22.7 Å². The molecule has 110 valence electrons. The quantitative estimate of drug-likeness (QED) is 0.791. The van der Waals surface area contributed by atoms with Crippen molar-refractivity contribution in [1.29, 1.82) is 0 Å². The summed E-state index contributed by atoms with van der Waals surface area (Å²) in [7, 11) is 0. The molecule has 0 aromatic heterocycles. The van der Waals surface area contributed by atoms with Crippen LogP contribution in [0.1, 0.15) is 18.4 Å². The zero-order valence-electron chi connectivity index (χ0n) is 11.6. The number of anilines is 1. The molecule has 3 unspecified atom stereocenters. The van der Waals surface area contributed by atoms with Gasteiger partial charge in [-0.05, 0) is 55.4 Å². The van der Waals surface area contributed by atoms with Crippen LogP contribution in [0.3, 0.4) is 0 Å². The van der Waals surface area contributed by atoms with Crippen LogP contribution in [0, 0.1) is 30.6 Å². The number of hydrogen-bond acceptors (Lipinski definition) is 3. The number of rotatable bonds is 1. The summed E-state index contributed by atoms with van der Waals surface area (Å²) in [6, 6.07) is 5.52. The van der Waals surface area contributed by atoms with Gasteiger partial charge in [-0.2, -0.15) is 0 Å². The Morgan fingerprint density at radius 2 is 1.90 bits per heavy atom. The molecule has 4 nitrogen and oxygen atoms in total. The number of fused-ring (bicyclic) bond motifs is 5. The van der Waals surface area contributed by atoms with E-state index in [9.17, 15) is 14.7 Å². The lowest BCUT2D eigenvalue weighted by atomic mass is 9.80. The van der Waals surface area contributed by atoms with E-state index < -0.39 is 6.10 Å². The average Bonchev–Trinajstić information content (AvgIpc) is 3.05. The maximum Gasteiger partial charge on any atom is 0.238 e. The normalized spacial score (nSPS) is 37.5. The SMILES string of the molecule is Cc1cc(N2C(=O)[C@@H]3C4CC(CC4O)[C@@H]3C2=O)ccc1Br. The summed E-state index contributed by atoms with van der Waals surface area (Å²) in [6.07, 6.45) is 1.07. The van der Waals surface area contributed by atoms with Crippen LogP contribution in [0.4, 0.5) is 5.69 Å². The van der Waals surface area contributed by atoms with Gasteiger partial charge in [-0.15, -0.1) is 0 Å². The second kappa shape index (κ2) is 4.40. The first-order valence-corrected chi connectivity index (χ1v) is 8.10. The first-order chi connectivity index (χ1) is 9.99. The molecule has 2 amide bonds. The molecule has 2 aliphatic carbocycles. The van der Waals surface area contributed by atoms with Gasteiger partial charge in [-0.3, -0.25) is 14.5 Å². The Labute approximate surface area is 131 Å². The number of aliphatic hydroxyl groups excluding tert-OH is 1. The Bertz CT molecular complexity index is 659. The molecule has 3 aliphatic rings. The lowest BCUT2D eigenvalue weighted by Gasteiger charge is -2.24. The predicted octanol–water partition coefficient (Wildman–Crippen LogP) is 2.26. The highest BCUT2D eigenvalue weighted by molar-refractivity contribution is 9.10. The van der Waals surface area contributed by atoms with Crippen LogP contribution in [0.5, 0.6) is 0 Å². The maximum absolute atomic E-state index is 12.7. The number of carbonyl (C=O) groups is 2. The summed E-state index contributed by atoms with van der Waals surface area (Å²) in [5, 5.41) is 10.0. The van der Waals surface area contributed by atoms with Crippen LogP contribution >= 0.6 is 15.9 Å². The number of nitrogens with zero attached hydrogens (tertiary/aromatic N) is 1. The summed E-state index contributed by atoms with van der Waals surface area (Å²) in [6.45, 7) is 1.94. The van der Waals surface area contributed by atoms with Crippen molar-refractivity contribution in [2.75, 3.05) is 4.90 Å². The van der Waals surface area contributed by atoms with E-state index in [2.05, 4.69) is 15.9 Å². The highest BCUT2D eigenvalue weighted by Gasteiger charge is 2.63. The van der Waals surface area contributed by atoms with E-state index in [1.807, 2.05) is 19.1 Å². The molecule has 5 heteroatoms. The Balaban J connectivity index is 1.74. The first-order valence-electron chi connectivity index (χ1n) is 7.31. The molecule has 3 fully saturated rings. The minimum absolute atomic E-state index is 0.0296. The molecule has 1 aromatic carbocycles. The fourth-order valence-corrected chi connectivity index (χ4v) is 4.69. The van der Waals surface area contributed by atoms with Crippen molar-refractivity contribution in [3.8, 4) is 0 Å². The number of hydrogen-bond donors (Lipinski definition) is 1. The number of aryl methyl sites for hydroxylation is 1. The Morgan fingerprint density at radius 3 is 2.62 bits per heavy atom. The lowest BCUT2D eigenvalue weighted by Crippen LogP contribution is -2.34. The number of imide groups is 1. The fourth-order valence-electron chi connectivity index (χ4n) is 4.45. The van der Waals surface area contributed by atoms with E-state index in [-0.39, 0.29) is 35.5 Å². The summed E-state index contributed by atoms with van der Waals surface area (Å²) < 4.78 is 0.959. The first kappa shape index (κ1) is 13.5. The summed E-state index contributed by atoms with van der Waals surface area (Å²) >= 11 is 3.43. The smallest absolute Gasteiger partial charge is 0.238 e. The molecular formula is C16H16BrNO3. The van der Waals surface area contributed by atoms with E-state index in [0.29, 0.717) is 12.1 Å². The minimum atomic E-state index is -0.417. The topological polar surface area (TPSA) is 57.6 Å². The molecule has 2 saturated carbocycles. The Hall–Kier alpha value is -1.20. The molecule has 1 aliphatic heterocycles. The van der Waals surface area contributed by atoms with E-state index in [0.717, 1.165) is 16.5 Å². The van der Waals surface area contributed by atoms with Gasteiger partial charge in [0.15, 0.2) is 0 Å². The van der Waals surface area contributed by atoms with Gasteiger partial charge >= 0.3 is 0 Å². The third-order valence-electron chi connectivity index (χ3n) is 5.38. The fraction of sp³-hybridized carbons (Fsp3) is 0.500. The largest absolute Gasteiger partial charge is 0.393 e. The summed E-state index contributed by atoms with van der Waals surface area (Å²) in [4.78, 5) is 26.8. The van der Waals surface area contributed by atoms with Gasteiger partial charge in [-0.25, -0.2) is 0 Å².